The van der Waals surface area contributed by atoms with E-state index < -0.39 is 5.97 Å². The number of carboxylic acids is 1. The van der Waals surface area contributed by atoms with Crippen molar-refractivity contribution in [1.29, 1.82) is 0 Å². The summed E-state index contributed by atoms with van der Waals surface area (Å²) in [5.41, 5.74) is 1.74. The summed E-state index contributed by atoms with van der Waals surface area (Å²) in [5.74, 6) is -0.337. The summed E-state index contributed by atoms with van der Waals surface area (Å²) >= 11 is 0. The van der Waals surface area contributed by atoms with E-state index >= 15 is 0 Å². The summed E-state index contributed by atoms with van der Waals surface area (Å²) in [6, 6.07) is 0. The number of aromatic nitrogens is 2. The van der Waals surface area contributed by atoms with Crippen LogP contribution in [0.1, 0.15) is 29.6 Å². The molecule has 0 aromatic carbocycles. The van der Waals surface area contributed by atoms with Crippen molar-refractivity contribution in [3.05, 3.63) is 17.2 Å². The Morgan fingerprint density at radius 3 is 3.17 bits per heavy atom. The number of nitrogens with one attached hydrogen (secondary N) is 1. The van der Waals surface area contributed by atoms with Gasteiger partial charge in [-0.25, -0.2) is 4.98 Å². The standard InChI is InChI=1S/C8H10N2O2/c1-4-9-6-3-2-5(8(11)12)7(6)10-4/h5H,2-3H2,1H3,(H,9,10)(H,11,12). The van der Waals surface area contributed by atoms with Gasteiger partial charge in [0.2, 0.25) is 0 Å². The molecule has 0 bridgehead atoms. The lowest BCUT2D eigenvalue weighted by atomic mass is 10.1. The Balaban J connectivity index is 2.41. The van der Waals surface area contributed by atoms with Crippen molar-refractivity contribution < 1.29 is 9.90 Å². The van der Waals surface area contributed by atoms with Crippen LogP contribution in [0.3, 0.4) is 0 Å². The summed E-state index contributed by atoms with van der Waals surface area (Å²) < 4.78 is 0. The Kier molecular flexibility index (Phi) is 1.43. The molecule has 4 nitrogen and oxygen atoms in total. The van der Waals surface area contributed by atoms with Gasteiger partial charge in [0.05, 0.1) is 5.69 Å². The molecule has 0 saturated carbocycles. The summed E-state index contributed by atoms with van der Waals surface area (Å²) in [5, 5.41) is 8.82. The van der Waals surface area contributed by atoms with Crippen molar-refractivity contribution in [2.45, 2.75) is 25.7 Å². The number of fused-ring (bicyclic) bond motifs is 1. The maximum Gasteiger partial charge on any atom is 0.312 e. The SMILES string of the molecule is Cc1nc2c([nH]1)CCC2C(=O)O. The van der Waals surface area contributed by atoms with Gasteiger partial charge in [0.25, 0.3) is 0 Å². The maximum absolute atomic E-state index is 10.7. The fraction of sp³-hybridized carbons (Fsp3) is 0.500. The van der Waals surface area contributed by atoms with E-state index in [9.17, 15) is 4.79 Å². The van der Waals surface area contributed by atoms with Gasteiger partial charge in [0.1, 0.15) is 11.7 Å². The van der Waals surface area contributed by atoms with Gasteiger partial charge in [-0.1, -0.05) is 0 Å². The van der Waals surface area contributed by atoms with Crippen molar-refractivity contribution in [3.63, 3.8) is 0 Å². The predicted molar refractivity (Wildman–Crippen MR) is 42.0 cm³/mol. The first-order chi connectivity index (χ1) is 5.68. The van der Waals surface area contributed by atoms with Gasteiger partial charge in [-0.05, 0) is 19.8 Å². The molecule has 12 heavy (non-hydrogen) atoms. The van der Waals surface area contributed by atoms with Crippen molar-refractivity contribution >= 4 is 5.97 Å². The van der Waals surface area contributed by atoms with Crippen LogP contribution in [0.5, 0.6) is 0 Å². The summed E-state index contributed by atoms with van der Waals surface area (Å²) in [6.45, 7) is 1.84. The maximum atomic E-state index is 10.7. The number of aromatic amines is 1. The minimum absolute atomic E-state index is 0.384. The first-order valence-electron chi connectivity index (χ1n) is 3.96. The average Bonchev–Trinajstić information content (AvgIpc) is 2.43. The lowest BCUT2D eigenvalue weighted by molar-refractivity contribution is -0.138. The number of carbonyl (C=O) groups is 1. The van der Waals surface area contributed by atoms with Crippen LogP contribution < -0.4 is 0 Å². The first-order valence-corrected chi connectivity index (χ1v) is 3.96. The summed E-state index contributed by atoms with van der Waals surface area (Å²) in [4.78, 5) is 17.9. The molecule has 1 aliphatic carbocycles. The van der Waals surface area contributed by atoms with E-state index in [0.29, 0.717) is 6.42 Å². The van der Waals surface area contributed by atoms with Gasteiger partial charge in [-0.3, -0.25) is 4.79 Å². The molecule has 0 fully saturated rings. The van der Waals surface area contributed by atoms with Crippen molar-refractivity contribution in [2.75, 3.05) is 0 Å². The van der Waals surface area contributed by atoms with Crippen LogP contribution in [-0.2, 0) is 11.2 Å². The normalized spacial score (nSPS) is 20.9. The van der Waals surface area contributed by atoms with E-state index in [-0.39, 0.29) is 5.92 Å². The van der Waals surface area contributed by atoms with Crippen molar-refractivity contribution in [2.24, 2.45) is 0 Å². The van der Waals surface area contributed by atoms with Crippen molar-refractivity contribution in [3.8, 4) is 0 Å². The first kappa shape index (κ1) is 7.34. The summed E-state index contributed by atoms with van der Waals surface area (Å²) in [7, 11) is 0. The highest BCUT2D eigenvalue weighted by Gasteiger charge is 2.31. The lowest BCUT2D eigenvalue weighted by Crippen LogP contribution is -2.08. The zero-order valence-electron chi connectivity index (χ0n) is 6.79. The van der Waals surface area contributed by atoms with Crippen LogP contribution in [0.4, 0.5) is 0 Å². The number of imidazole rings is 1. The topological polar surface area (TPSA) is 66.0 Å². The second-order valence-electron chi connectivity index (χ2n) is 3.12. The quantitative estimate of drug-likeness (QED) is 0.649. The Bertz CT molecular complexity index is 330. The minimum atomic E-state index is -0.764. The van der Waals surface area contributed by atoms with Crippen LogP contribution >= 0.6 is 0 Å². The molecule has 0 aliphatic heterocycles. The second-order valence-corrected chi connectivity index (χ2v) is 3.12. The van der Waals surface area contributed by atoms with E-state index in [0.717, 1.165) is 23.6 Å². The molecule has 0 amide bonds. The molecule has 1 aromatic heterocycles. The molecule has 2 N–H and O–H groups in total. The molecule has 2 rings (SSSR count). The molecule has 1 atom stereocenters. The molecule has 1 aliphatic rings. The fourth-order valence-corrected chi connectivity index (χ4v) is 1.70. The lowest BCUT2D eigenvalue weighted by Gasteiger charge is -1.99. The number of hydrogen-bond donors (Lipinski definition) is 2. The van der Waals surface area contributed by atoms with Crippen LogP contribution in [0.2, 0.25) is 0 Å². The van der Waals surface area contributed by atoms with Gasteiger partial charge in [0.15, 0.2) is 0 Å². The molecule has 0 saturated heterocycles. The van der Waals surface area contributed by atoms with Gasteiger partial charge in [-0.15, -0.1) is 0 Å². The monoisotopic (exact) mass is 166 g/mol. The average molecular weight is 166 g/mol. The Labute approximate surface area is 69.6 Å². The molecule has 0 spiro atoms. The number of rotatable bonds is 1. The zero-order chi connectivity index (χ0) is 8.72. The summed E-state index contributed by atoms with van der Waals surface area (Å²) in [6.07, 6.45) is 1.50. The Morgan fingerprint density at radius 1 is 1.75 bits per heavy atom. The highest BCUT2D eigenvalue weighted by molar-refractivity contribution is 5.76. The van der Waals surface area contributed by atoms with E-state index in [4.69, 9.17) is 5.11 Å². The van der Waals surface area contributed by atoms with E-state index in [1.807, 2.05) is 6.92 Å². The highest BCUT2D eigenvalue weighted by atomic mass is 16.4. The smallest absolute Gasteiger partial charge is 0.312 e. The van der Waals surface area contributed by atoms with E-state index in [1.165, 1.54) is 0 Å². The predicted octanol–water partition coefficient (Wildman–Crippen LogP) is 0.833. The highest BCUT2D eigenvalue weighted by Crippen LogP contribution is 2.30. The van der Waals surface area contributed by atoms with Crippen molar-refractivity contribution in [1.82, 2.24) is 9.97 Å². The third-order valence-corrected chi connectivity index (χ3v) is 2.24. The van der Waals surface area contributed by atoms with Gasteiger partial charge >= 0.3 is 5.97 Å². The molecule has 1 unspecified atom stereocenters. The van der Waals surface area contributed by atoms with Gasteiger partial charge < -0.3 is 10.1 Å². The molecule has 0 radical (unpaired) electrons. The van der Waals surface area contributed by atoms with Gasteiger partial charge in [0, 0.05) is 5.69 Å². The Hall–Kier alpha value is -1.32. The third-order valence-electron chi connectivity index (χ3n) is 2.24. The van der Waals surface area contributed by atoms with Crippen LogP contribution in [0, 0.1) is 6.92 Å². The molecular formula is C8H10N2O2. The number of carboxylic acid groups (broad SMARTS) is 1. The fourth-order valence-electron chi connectivity index (χ4n) is 1.70. The largest absolute Gasteiger partial charge is 0.481 e. The number of H-pyrrole nitrogens is 1. The number of hydrogen-bond acceptors (Lipinski definition) is 2. The Morgan fingerprint density at radius 2 is 2.50 bits per heavy atom. The number of nitrogens with zero attached hydrogens (tertiary/aromatic N) is 1. The third kappa shape index (κ3) is 0.913. The minimum Gasteiger partial charge on any atom is -0.481 e. The molecule has 4 heteroatoms. The zero-order valence-corrected chi connectivity index (χ0v) is 6.79. The van der Waals surface area contributed by atoms with Gasteiger partial charge in [-0.2, -0.15) is 0 Å². The van der Waals surface area contributed by atoms with Crippen LogP contribution in [0.15, 0.2) is 0 Å². The van der Waals surface area contributed by atoms with E-state index in [2.05, 4.69) is 9.97 Å². The molecule has 64 valence electrons. The second kappa shape index (κ2) is 2.33. The molecule has 1 aromatic rings. The molecular weight excluding hydrogens is 156 g/mol. The van der Waals surface area contributed by atoms with E-state index in [1.54, 1.807) is 0 Å². The number of aryl methyl sites for hydroxylation is 2. The van der Waals surface area contributed by atoms with Crippen LogP contribution in [0.25, 0.3) is 0 Å². The van der Waals surface area contributed by atoms with Crippen LogP contribution in [-0.4, -0.2) is 21.0 Å². The molecule has 1 heterocycles. The number of aliphatic carboxylic acids is 1.